The topological polar surface area (TPSA) is 61.9 Å². The lowest BCUT2D eigenvalue weighted by Gasteiger charge is -2.22. The van der Waals surface area contributed by atoms with Gasteiger partial charge >= 0.3 is 0 Å². The molecule has 0 saturated heterocycles. The molecule has 0 bridgehead atoms. The molecule has 74 heavy (non-hydrogen) atoms. The van der Waals surface area contributed by atoms with Gasteiger partial charge in [0.25, 0.3) is 0 Å². The lowest BCUT2D eigenvalue weighted by molar-refractivity contribution is 0.617. The molecular weight excluding hydrogens is 905 g/mol. The first kappa shape index (κ1) is 41.7. The van der Waals surface area contributed by atoms with Crippen molar-refractivity contribution in [2.24, 2.45) is 0 Å². The molecule has 15 rings (SSSR count). The van der Waals surface area contributed by atoms with Gasteiger partial charge in [0.2, 0.25) is 11.8 Å². The van der Waals surface area contributed by atoms with Crippen molar-refractivity contribution in [2.75, 3.05) is 0 Å². The van der Waals surface area contributed by atoms with Crippen LogP contribution in [0.1, 0.15) is 0 Å². The Labute approximate surface area is 425 Å². The SMILES string of the molecule is c1ccc(-c2ccc3c(c2)c2cc(-c4ccccc4)ccc2n3-c2c(-c3nc4ccccc4o3)ccc(-c3nc4ccccc4o3)c2-n2c3ccc(-c4ccccc4)cc3c3cc(-c4ccccc4)ccc32)cc1. The van der Waals surface area contributed by atoms with E-state index in [1.54, 1.807) is 0 Å². The highest BCUT2D eigenvalue weighted by Gasteiger charge is 2.30. The van der Waals surface area contributed by atoms with Gasteiger partial charge in [0.1, 0.15) is 11.0 Å². The Morgan fingerprint density at radius 2 is 0.541 bits per heavy atom. The van der Waals surface area contributed by atoms with Crippen molar-refractivity contribution in [3.8, 4) is 78.8 Å². The van der Waals surface area contributed by atoms with Crippen LogP contribution >= 0.6 is 0 Å². The van der Waals surface area contributed by atoms with Gasteiger partial charge in [-0.1, -0.05) is 170 Å². The molecule has 0 aliphatic carbocycles. The van der Waals surface area contributed by atoms with E-state index in [0.29, 0.717) is 22.9 Å². The number of hydrogen-bond acceptors (Lipinski definition) is 4. The Hall–Kier alpha value is -10.0. The molecule has 346 valence electrons. The van der Waals surface area contributed by atoms with Crippen molar-refractivity contribution in [1.82, 2.24) is 19.1 Å². The van der Waals surface area contributed by atoms with E-state index in [4.69, 9.17) is 18.8 Å². The standard InChI is InChI=1S/C68H42N4O2/c1-5-17-43(18-6-1)47-29-35-59-53(39-47)54-40-48(44-19-7-2-8-20-44)30-36-60(54)71(59)65-51(67-69-57-25-13-15-27-63(57)73-67)33-34-52(68-70-58-26-14-16-28-64(58)74-68)66(65)72-61-37-31-49(45-21-9-3-10-22-45)41-55(61)56-42-50(32-38-62(56)72)46-23-11-4-12-24-46/h1-42H. The maximum Gasteiger partial charge on any atom is 0.229 e. The van der Waals surface area contributed by atoms with Crippen LogP contribution in [0.15, 0.2) is 264 Å². The van der Waals surface area contributed by atoms with Crippen LogP contribution in [0, 0.1) is 0 Å². The molecule has 6 heteroatoms. The fraction of sp³-hybridized carbons (Fsp3) is 0. The number of nitrogens with zero attached hydrogens (tertiary/aromatic N) is 4. The zero-order valence-corrected chi connectivity index (χ0v) is 39.9. The van der Waals surface area contributed by atoms with Gasteiger partial charge in [0.15, 0.2) is 11.2 Å². The maximum absolute atomic E-state index is 6.87. The molecule has 0 atom stereocenters. The predicted octanol–water partition coefficient (Wildman–Crippen LogP) is 18.2. The summed E-state index contributed by atoms with van der Waals surface area (Å²) in [5, 5.41) is 4.46. The van der Waals surface area contributed by atoms with Crippen molar-refractivity contribution in [2.45, 2.75) is 0 Å². The minimum absolute atomic E-state index is 0.502. The van der Waals surface area contributed by atoms with Crippen LogP contribution in [0.4, 0.5) is 0 Å². The summed E-state index contributed by atoms with van der Waals surface area (Å²) in [6, 6.07) is 90.2. The van der Waals surface area contributed by atoms with Crippen LogP contribution in [0.5, 0.6) is 0 Å². The second-order valence-electron chi connectivity index (χ2n) is 18.9. The molecule has 0 amide bonds. The van der Waals surface area contributed by atoms with Gasteiger partial charge < -0.3 is 18.0 Å². The van der Waals surface area contributed by atoms with Gasteiger partial charge in [-0.3, -0.25) is 0 Å². The van der Waals surface area contributed by atoms with Crippen molar-refractivity contribution in [3.63, 3.8) is 0 Å². The number of fused-ring (bicyclic) bond motifs is 8. The zero-order chi connectivity index (χ0) is 48.7. The summed E-state index contributed by atoms with van der Waals surface area (Å²) in [7, 11) is 0. The van der Waals surface area contributed by atoms with Crippen molar-refractivity contribution in [1.29, 1.82) is 0 Å². The molecule has 0 N–H and O–H groups in total. The van der Waals surface area contributed by atoms with Crippen molar-refractivity contribution in [3.05, 3.63) is 255 Å². The summed E-state index contributed by atoms with van der Waals surface area (Å²) in [4.78, 5) is 10.5. The van der Waals surface area contributed by atoms with E-state index in [0.717, 1.165) is 122 Å². The fourth-order valence-corrected chi connectivity index (χ4v) is 11.1. The number of aromatic nitrogens is 4. The summed E-state index contributed by atoms with van der Waals surface area (Å²) in [5.74, 6) is 1.00. The first-order chi connectivity index (χ1) is 36.7. The molecule has 6 nitrogen and oxygen atoms in total. The Balaban J connectivity index is 1.13. The summed E-state index contributed by atoms with van der Waals surface area (Å²) < 4.78 is 18.6. The Morgan fingerprint density at radius 3 is 0.838 bits per heavy atom. The summed E-state index contributed by atoms with van der Waals surface area (Å²) in [5.41, 5.74) is 19.6. The average molecular weight is 947 g/mol. The van der Waals surface area contributed by atoms with Gasteiger partial charge in [-0.2, -0.15) is 0 Å². The van der Waals surface area contributed by atoms with E-state index < -0.39 is 0 Å². The lowest BCUT2D eigenvalue weighted by Crippen LogP contribution is -2.08. The lowest BCUT2D eigenvalue weighted by atomic mass is 10.0. The Bertz CT molecular complexity index is 4090. The Morgan fingerprint density at radius 1 is 0.257 bits per heavy atom. The highest BCUT2D eigenvalue weighted by Crippen LogP contribution is 2.48. The third-order valence-corrected chi connectivity index (χ3v) is 14.6. The number of oxazole rings is 2. The van der Waals surface area contributed by atoms with Crippen LogP contribution in [-0.4, -0.2) is 19.1 Å². The molecule has 0 aliphatic heterocycles. The van der Waals surface area contributed by atoms with Crippen molar-refractivity contribution >= 4 is 65.8 Å². The average Bonchev–Trinajstić information content (AvgIpc) is 4.27. The summed E-state index contributed by atoms with van der Waals surface area (Å²) in [6.45, 7) is 0. The van der Waals surface area contributed by atoms with E-state index >= 15 is 0 Å². The van der Waals surface area contributed by atoms with E-state index in [9.17, 15) is 0 Å². The molecule has 11 aromatic carbocycles. The third-order valence-electron chi connectivity index (χ3n) is 14.6. The third kappa shape index (κ3) is 6.73. The predicted molar refractivity (Wildman–Crippen MR) is 303 cm³/mol. The monoisotopic (exact) mass is 946 g/mol. The largest absolute Gasteiger partial charge is 0.436 e. The Kier molecular flexibility index (Phi) is 9.47. The summed E-state index contributed by atoms with van der Waals surface area (Å²) in [6.07, 6.45) is 0. The van der Waals surface area contributed by atoms with Crippen LogP contribution < -0.4 is 0 Å². The van der Waals surface area contributed by atoms with Gasteiger partial charge in [0, 0.05) is 21.5 Å². The number of benzene rings is 11. The van der Waals surface area contributed by atoms with E-state index in [-0.39, 0.29) is 0 Å². The quantitative estimate of drug-likeness (QED) is 0.152. The molecule has 0 radical (unpaired) electrons. The fourth-order valence-electron chi connectivity index (χ4n) is 11.1. The molecule has 0 saturated carbocycles. The van der Waals surface area contributed by atoms with E-state index in [2.05, 4.69) is 215 Å². The van der Waals surface area contributed by atoms with Gasteiger partial charge in [-0.25, -0.2) is 9.97 Å². The second kappa shape index (κ2) is 16.8. The molecule has 0 spiro atoms. The van der Waals surface area contributed by atoms with Crippen LogP contribution in [-0.2, 0) is 0 Å². The summed E-state index contributed by atoms with van der Waals surface area (Å²) >= 11 is 0. The minimum atomic E-state index is 0.502. The number of hydrogen-bond donors (Lipinski definition) is 0. The minimum Gasteiger partial charge on any atom is -0.436 e. The van der Waals surface area contributed by atoms with Crippen LogP contribution in [0.2, 0.25) is 0 Å². The van der Waals surface area contributed by atoms with Gasteiger partial charge in [0.05, 0.1) is 44.6 Å². The molecule has 15 aromatic rings. The zero-order valence-electron chi connectivity index (χ0n) is 39.9. The van der Waals surface area contributed by atoms with E-state index in [1.165, 1.54) is 0 Å². The van der Waals surface area contributed by atoms with Crippen LogP contribution in [0.3, 0.4) is 0 Å². The number of rotatable bonds is 8. The van der Waals surface area contributed by atoms with Gasteiger partial charge in [-0.05, 0) is 129 Å². The molecule has 0 aliphatic rings. The first-order valence-electron chi connectivity index (χ1n) is 25.0. The van der Waals surface area contributed by atoms with E-state index in [1.807, 2.05) is 48.5 Å². The normalized spacial score (nSPS) is 11.8. The number of para-hydroxylation sites is 4. The molecule has 0 unspecified atom stereocenters. The first-order valence-corrected chi connectivity index (χ1v) is 25.0. The smallest absolute Gasteiger partial charge is 0.229 e. The second-order valence-corrected chi connectivity index (χ2v) is 18.9. The highest BCUT2D eigenvalue weighted by atomic mass is 16.4. The van der Waals surface area contributed by atoms with Gasteiger partial charge in [-0.15, -0.1) is 0 Å². The maximum atomic E-state index is 6.87. The van der Waals surface area contributed by atoms with Crippen molar-refractivity contribution < 1.29 is 8.83 Å². The molecule has 4 aromatic heterocycles. The molecule has 4 heterocycles. The van der Waals surface area contributed by atoms with Crippen LogP contribution in [0.25, 0.3) is 145 Å². The molecule has 0 fully saturated rings. The highest BCUT2D eigenvalue weighted by molar-refractivity contribution is 6.15. The molecular formula is C68H42N4O2.